The van der Waals surface area contributed by atoms with Crippen molar-refractivity contribution in [2.45, 2.75) is 25.0 Å². The lowest BCUT2D eigenvalue weighted by Crippen LogP contribution is -2.60. The van der Waals surface area contributed by atoms with E-state index in [1.165, 1.54) is 24.3 Å². The van der Waals surface area contributed by atoms with E-state index in [1.54, 1.807) is 18.2 Å². The van der Waals surface area contributed by atoms with Gasteiger partial charge in [0.05, 0.1) is 26.3 Å². The average Bonchev–Trinajstić information content (AvgIpc) is 2.87. The quantitative estimate of drug-likeness (QED) is 0.520. The Balaban J connectivity index is 1.90. The van der Waals surface area contributed by atoms with Gasteiger partial charge in [0.15, 0.2) is 0 Å². The van der Waals surface area contributed by atoms with E-state index in [4.69, 9.17) is 4.74 Å². The Morgan fingerprint density at radius 3 is 2.47 bits per heavy atom. The summed E-state index contributed by atoms with van der Waals surface area (Å²) < 4.78 is 6.93. The maximum absolute atomic E-state index is 11.3. The molecule has 0 saturated heterocycles. The molecule has 1 spiro atoms. The van der Waals surface area contributed by atoms with E-state index in [2.05, 4.69) is 15.9 Å². The number of rotatable bonds is 4. The predicted molar refractivity (Wildman–Crippen MR) is 114 cm³/mol. The third-order valence-corrected chi connectivity index (χ3v) is 6.38. The zero-order valence-electron chi connectivity index (χ0n) is 16.2. The van der Waals surface area contributed by atoms with E-state index in [0.29, 0.717) is 15.8 Å². The number of nitro groups is 2. The number of nitrogens with zero attached hydrogens (tertiary/aromatic N) is 3. The number of aliphatic hydroxyl groups is 1. The first-order valence-corrected chi connectivity index (χ1v) is 9.95. The van der Waals surface area contributed by atoms with E-state index in [9.17, 15) is 25.3 Å². The fourth-order valence-corrected chi connectivity index (χ4v) is 4.82. The van der Waals surface area contributed by atoms with Gasteiger partial charge in [0.1, 0.15) is 5.75 Å². The number of fused-ring (bicyclic) bond motifs is 2. The van der Waals surface area contributed by atoms with Gasteiger partial charge in [-0.05, 0) is 53.6 Å². The molecule has 156 valence electrons. The van der Waals surface area contributed by atoms with Gasteiger partial charge in [-0.1, -0.05) is 0 Å². The van der Waals surface area contributed by atoms with Gasteiger partial charge in [-0.3, -0.25) is 20.2 Å². The molecular formula is C20H18BrN3O6. The molecule has 9 nitrogen and oxygen atoms in total. The molecule has 2 aromatic rings. The minimum absolute atomic E-state index is 0.0279. The lowest BCUT2D eigenvalue weighted by Gasteiger charge is -2.47. The van der Waals surface area contributed by atoms with Crippen molar-refractivity contribution >= 4 is 39.1 Å². The molecule has 1 atom stereocenters. The fraction of sp³-hybridized carbons (Fsp3) is 0.300. The summed E-state index contributed by atoms with van der Waals surface area (Å²) >= 11 is 3.37. The van der Waals surface area contributed by atoms with Crippen LogP contribution in [0.5, 0.6) is 5.75 Å². The fourth-order valence-electron chi connectivity index (χ4n) is 4.28. The number of benzene rings is 2. The van der Waals surface area contributed by atoms with Gasteiger partial charge in [0, 0.05) is 42.1 Å². The van der Waals surface area contributed by atoms with Crippen molar-refractivity contribution in [1.29, 1.82) is 0 Å². The van der Waals surface area contributed by atoms with Crippen molar-refractivity contribution in [3.63, 3.8) is 0 Å². The minimum Gasteiger partial charge on any atom is -0.462 e. The Labute approximate surface area is 180 Å². The summed E-state index contributed by atoms with van der Waals surface area (Å²) in [5.74, 6) is 0.432. The summed E-state index contributed by atoms with van der Waals surface area (Å²) in [6.45, 7) is 3.92. The van der Waals surface area contributed by atoms with E-state index < -0.39 is 21.0 Å². The first kappa shape index (κ1) is 20.3. The van der Waals surface area contributed by atoms with Crippen LogP contribution < -0.4 is 9.64 Å². The topological polar surface area (TPSA) is 119 Å². The smallest absolute Gasteiger partial charge is 0.271 e. The molecule has 2 heterocycles. The molecule has 1 N–H and O–H groups in total. The van der Waals surface area contributed by atoms with Crippen LogP contribution in [0, 0.1) is 20.2 Å². The Bertz CT molecular complexity index is 1120. The highest BCUT2D eigenvalue weighted by Gasteiger charge is 2.59. The van der Waals surface area contributed by atoms with Crippen LogP contribution in [-0.4, -0.2) is 33.8 Å². The molecule has 2 aromatic carbocycles. The zero-order valence-corrected chi connectivity index (χ0v) is 17.7. The maximum Gasteiger partial charge on any atom is 0.271 e. The average molecular weight is 476 g/mol. The van der Waals surface area contributed by atoms with E-state index in [1.807, 2.05) is 18.7 Å². The first-order chi connectivity index (χ1) is 14.1. The Morgan fingerprint density at radius 2 is 1.83 bits per heavy atom. The van der Waals surface area contributed by atoms with Crippen molar-refractivity contribution in [1.82, 2.24) is 0 Å². The lowest BCUT2D eigenvalue weighted by atomic mass is 9.76. The predicted octanol–water partition coefficient (Wildman–Crippen LogP) is 4.16. The Hall–Kier alpha value is -2.98. The number of hydrogen-bond donors (Lipinski definition) is 1. The lowest BCUT2D eigenvalue weighted by molar-refractivity contribution is -0.385. The molecule has 0 bridgehead atoms. The standard InChI is InChI=1S/C20H18BrN3O6/c1-19(2)15-10-13(23(26)27)3-4-17(15)22(7-8-25)20(19)6-5-12-9-14(24(28)29)11-16(21)18(12)30-20/h3-6,9-11,25H,7-8H2,1-2H3. The highest BCUT2D eigenvalue weighted by atomic mass is 79.9. The summed E-state index contributed by atoms with van der Waals surface area (Å²) in [6, 6.07) is 7.43. The van der Waals surface area contributed by atoms with Crippen LogP contribution in [-0.2, 0) is 5.41 Å². The third kappa shape index (κ3) is 2.71. The summed E-state index contributed by atoms with van der Waals surface area (Å²) in [5.41, 5.74) is 0.0737. The summed E-state index contributed by atoms with van der Waals surface area (Å²) in [4.78, 5) is 23.5. The number of ether oxygens (including phenoxy) is 1. The van der Waals surface area contributed by atoms with Gasteiger partial charge in [-0.25, -0.2) is 0 Å². The van der Waals surface area contributed by atoms with Crippen molar-refractivity contribution in [2.24, 2.45) is 0 Å². The summed E-state index contributed by atoms with van der Waals surface area (Å²) in [7, 11) is 0. The second kappa shape index (κ2) is 6.78. The maximum atomic E-state index is 11.3. The molecule has 30 heavy (non-hydrogen) atoms. The van der Waals surface area contributed by atoms with Gasteiger partial charge in [0.2, 0.25) is 5.72 Å². The zero-order chi connectivity index (χ0) is 21.8. The van der Waals surface area contributed by atoms with Crippen LogP contribution in [0.3, 0.4) is 0 Å². The van der Waals surface area contributed by atoms with Crippen molar-refractivity contribution in [3.8, 4) is 5.75 Å². The molecular weight excluding hydrogens is 458 g/mol. The van der Waals surface area contributed by atoms with Crippen molar-refractivity contribution < 1.29 is 19.7 Å². The number of hydrogen-bond acceptors (Lipinski definition) is 7. The van der Waals surface area contributed by atoms with Crippen LogP contribution in [0.2, 0.25) is 0 Å². The second-order valence-electron chi connectivity index (χ2n) is 7.69. The van der Waals surface area contributed by atoms with E-state index >= 15 is 0 Å². The first-order valence-electron chi connectivity index (χ1n) is 9.16. The molecule has 0 amide bonds. The number of nitro benzene ring substituents is 2. The molecule has 10 heteroatoms. The van der Waals surface area contributed by atoms with Gasteiger partial charge in [-0.15, -0.1) is 0 Å². The Morgan fingerprint density at radius 1 is 1.13 bits per heavy atom. The number of aliphatic hydroxyl groups excluding tert-OH is 1. The number of anilines is 1. The van der Waals surface area contributed by atoms with Crippen LogP contribution in [0.4, 0.5) is 17.1 Å². The monoisotopic (exact) mass is 475 g/mol. The van der Waals surface area contributed by atoms with Crippen LogP contribution in [0.15, 0.2) is 40.9 Å². The minimum atomic E-state index is -1.08. The SMILES string of the molecule is CC1(C)c2cc([N+](=O)[O-])ccc2N(CCO)C12C=Cc1cc([N+](=O)[O-])cc(Br)c1O2. The van der Waals surface area contributed by atoms with Gasteiger partial charge >= 0.3 is 0 Å². The molecule has 0 aliphatic carbocycles. The molecule has 2 aliphatic heterocycles. The molecule has 0 fully saturated rings. The third-order valence-electron chi connectivity index (χ3n) is 5.79. The normalized spacial score (nSPS) is 20.6. The van der Waals surface area contributed by atoms with Gasteiger partial charge in [-0.2, -0.15) is 0 Å². The second-order valence-corrected chi connectivity index (χ2v) is 8.55. The highest BCUT2D eigenvalue weighted by molar-refractivity contribution is 9.10. The molecule has 0 radical (unpaired) electrons. The molecule has 2 aliphatic rings. The van der Waals surface area contributed by atoms with Crippen LogP contribution in [0.25, 0.3) is 6.08 Å². The number of β-amino-alcohol motifs (C(OH)–C–C–N with tert-alkyl or cyclic N) is 1. The van der Waals surface area contributed by atoms with E-state index in [-0.39, 0.29) is 24.5 Å². The van der Waals surface area contributed by atoms with Gasteiger partial charge < -0.3 is 14.7 Å². The van der Waals surface area contributed by atoms with Crippen molar-refractivity contribution in [3.05, 3.63) is 72.2 Å². The van der Waals surface area contributed by atoms with Crippen LogP contribution in [0.1, 0.15) is 25.0 Å². The molecule has 0 aromatic heterocycles. The Kier molecular flexibility index (Phi) is 4.59. The highest BCUT2D eigenvalue weighted by Crippen LogP contribution is 2.56. The number of halogens is 1. The molecule has 1 unspecified atom stereocenters. The van der Waals surface area contributed by atoms with E-state index in [0.717, 1.165) is 11.3 Å². The molecule has 0 saturated carbocycles. The molecule has 4 rings (SSSR count). The summed E-state index contributed by atoms with van der Waals surface area (Å²) in [5, 5.41) is 32.2. The van der Waals surface area contributed by atoms with Gasteiger partial charge in [0.25, 0.3) is 11.4 Å². The van der Waals surface area contributed by atoms with Crippen molar-refractivity contribution in [2.75, 3.05) is 18.1 Å². The largest absolute Gasteiger partial charge is 0.462 e. The van der Waals surface area contributed by atoms with Crippen LogP contribution >= 0.6 is 15.9 Å². The number of non-ortho nitro benzene ring substituents is 2. The summed E-state index contributed by atoms with van der Waals surface area (Å²) in [6.07, 6.45) is 3.55.